The molecular formula is C54H35BN4. The molecule has 0 spiro atoms. The maximum atomic E-state index is 2.49. The van der Waals surface area contributed by atoms with Crippen LogP contribution in [0.1, 0.15) is 0 Å². The van der Waals surface area contributed by atoms with E-state index in [0.29, 0.717) is 0 Å². The van der Waals surface area contributed by atoms with Gasteiger partial charge in [-0.3, -0.25) is 0 Å². The molecule has 0 N–H and O–H groups in total. The van der Waals surface area contributed by atoms with Crippen LogP contribution in [-0.2, 0) is 0 Å². The topological polar surface area (TPSA) is 16.3 Å². The Kier molecular flexibility index (Phi) is 6.78. The maximum Gasteiger partial charge on any atom is 0.252 e. The van der Waals surface area contributed by atoms with Gasteiger partial charge >= 0.3 is 0 Å². The van der Waals surface area contributed by atoms with E-state index in [2.05, 4.69) is 231 Å². The summed E-state index contributed by atoms with van der Waals surface area (Å²) in [4.78, 5) is 4.98. The number of fused-ring (bicyclic) bond motifs is 10. The molecule has 59 heavy (non-hydrogen) atoms. The largest absolute Gasteiger partial charge is 0.311 e. The predicted molar refractivity (Wildman–Crippen MR) is 249 cm³/mol. The van der Waals surface area contributed by atoms with Gasteiger partial charge in [-0.05, 0) is 101 Å². The third-order valence-electron chi connectivity index (χ3n) is 12.7. The van der Waals surface area contributed by atoms with Crippen molar-refractivity contribution in [3.05, 3.63) is 212 Å². The van der Waals surface area contributed by atoms with Crippen LogP contribution in [0.15, 0.2) is 212 Å². The Labute approximate surface area is 342 Å². The predicted octanol–water partition coefficient (Wildman–Crippen LogP) is 12.0. The van der Waals surface area contributed by atoms with Crippen molar-refractivity contribution < 1.29 is 0 Å². The summed E-state index contributed by atoms with van der Waals surface area (Å²) in [6.45, 7) is 0.00512. The summed E-state index contributed by atoms with van der Waals surface area (Å²) < 4.78 is 4.87. The van der Waals surface area contributed by atoms with E-state index >= 15 is 0 Å². The van der Waals surface area contributed by atoms with E-state index in [4.69, 9.17) is 0 Å². The van der Waals surface area contributed by atoms with Gasteiger partial charge in [0, 0.05) is 67.0 Å². The second-order valence-electron chi connectivity index (χ2n) is 15.7. The Bertz CT molecular complexity index is 3140. The van der Waals surface area contributed by atoms with Crippen LogP contribution < -0.4 is 26.2 Å². The fourth-order valence-corrected chi connectivity index (χ4v) is 10.3. The van der Waals surface area contributed by atoms with Crippen LogP contribution in [0, 0.1) is 0 Å². The van der Waals surface area contributed by atoms with Gasteiger partial charge in [0.05, 0.1) is 22.1 Å². The first-order valence-electron chi connectivity index (χ1n) is 20.4. The Morgan fingerprint density at radius 2 is 0.627 bits per heavy atom. The molecule has 9 aromatic carbocycles. The molecule has 274 valence electrons. The Morgan fingerprint density at radius 1 is 0.271 bits per heavy atom. The van der Waals surface area contributed by atoms with Gasteiger partial charge in [-0.1, -0.05) is 127 Å². The molecule has 0 fully saturated rings. The van der Waals surface area contributed by atoms with Crippen molar-refractivity contribution in [2.45, 2.75) is 0 Å². The Hall–Kier alpha value is -7.76. The van der Waals surface area contributed by atoms with Crippen LogP contribution in [0.5, 0.6) is 0 Å². The van der Waals surface area contributed by atoms with Gasteiger partial charge in [0.2, 0.25) is 0 Å². The first-order valence-corrected chi connectivity index (χ1v) is 20.4. The lowest BCUT2D eigenvalue weighted by atomic mass is 9.33. The quantitative estimate of drug-likeness (QED) is 0.167. The summed E-state index contributed by atoms with van der Waals surface area (Å²) in [6.07, 6.45) is 0. The molecule has 0 saturated heterocycles. The number of benzene rings is 9. The zero-order chi connectivity index (χ0) is 38.6. The van der Waals surface area contributed by atoms with E-state index in [-0.39, 0.29) is 6.71 Å². The van der Waals surface area contributed by atoms with Crippen LogP contribution in [0.2, 0.25) is 0 Å². The summed E-state index contributed by atoms with van der Waals surface area (Å²) >= 11 is 0. The van der Waals surface area contributed by atoms with E-state index in [1.165, 1.54) is 82.7 Å². The monoisotopic (exact) mass is 750 g/mol. The minimum atomic E-state index is 0.00512. The molecule has 2 aromatic heterocycles. The van der Waals surface area contributed by atoms with Crippen LogP contribution >= 0.6 is 0 Å². The lowest BCUT2D eigenvalue weighted by Gasteiger charge is -2.44. The van der Waals surface area contributed by atoms with E-state index in [9.17, 15) is 0 Å². The van der Waals surface area contributed by atoms with Crippen molar-refractivity contribution in [1.82, 2.24) is 9.13 Å². The maximum absolute atomic E-state index is 2.49. The van der Waals surface area contributed by atoms with Gasteiger partial charge < -0.3 is 18.9 Å². The number of rotatable bonds is 4. The summed E-state index contributed by atoms with van der Waals surface area (Å²) in [6, 6.07) is 78.0. The van der Waals surface area contributed by atoms with Crippen molar-refractivity contribution >= 4 is 101 Å². The Morgan fingerprint density at radius 3 is 1.02 bits per heavy atom. The molecule has 0 radical (unpaired) electrons. The summed E-state index contributed by atoms with van der Waals surface area (Å²) in [5.74, 6) is 0. The smallest absolute Gasteiger partial charge is 0.252 e. The van der Waals surface area contributed by atoms with Crippen molar-refractivity contribution in [3.63, 3.8) is 0 Å². The fourth-order valence-electron chi connectivity index (χ4n) is 10.3. The van der Waals surface area contributed by atoms with Crippen molar-refractivity contribution in [2.24, 2.45) is 0 Å². The van der Waals surface area contributed by atoms with Crippen molar-refractivity contribution in [3.8, 4) is 11.4 Å². The summed E-state index contributed by atoms with van der Waals surface area (Å²) in [7, 11) is 0. The minimum Gasteiger partial charge on any atom is -0.311 e. The van der Waals surface area contributed by atoms with E-state index in [1.54, 1.807) is 0 Å². The third kappa shape index (κ3) is 4.55. The lowest BCUT2D eigenvalue weighted by molar-refractivity contribution is 1.17. The first kappa shape index (κ1) is 32.3. The molecule has 0 aliphatic carbocycles. The minimum absolute atomic E-state index is 0.00512. The number of para-hydroxylation sites is 6. The molecule has 0 unspecified atom stereocenters. The molecule has 4 heterocycles. The SMILES string of the molecule is c1ccc(N2c3cc(-n4c5ccccc5c5ccccc54)ccc3B3c4ccc(-n5c6ccccc6c6ccccc65)cc4N(c4ccccc4)c4cccc2c43)cc1. The second-order valence-corrected chi connectivity index (χ2v) is 15.7. The highest BCUT2D eigenvalue weighted by Gasteiger charge is 2.43. The zero-order valence-corrected chi connectivity index (χ0v) is 32.1. The second kappa shape index (κ2) is 12.4. The average Bonchev–Trinajstić information content (AvgIpc) is 3.82. The number of hydrogen-bond donors (Lipinski definition) is 0. The molecule has 0 amide bonds. The summed E-state index contributed by atoms with van der Waals surface area (Å²) in [5, 5.41) is 5.04. The van der Waals surface area contributed by atoms with Gasteiger partial charge in [0.25, 0.3) is 6.71 Å². The molecule has 2 aliphatic rings. The highest BCUT2D eigenvalue weighted by Crippen LogP contribution is 2.45. The van der Waals surface area contributed by atoms with Crippen LogP contribution in [0.4, 0.5) is 34.1 Å². The molecule has 0 atom stereocenters. The first-order chi connectivity index (χ1) is 29.3. The molecule has 0 saturated carbocycles. The molecule has 0 bridgehead atoms. The fraction of sp³-hybridized carbons (Fsp3) is 0. The molecule has 5 heteroatoms. The standard InChI is InChI=1S/C54H35BN4/c1-3-16-36(17-4-1)56-50-28-15-29-51-54(50)55(44-32-30-38(34-52(44)56)58-46-24-11-7-20-40(46)41-21-8-12-25-47(41)58)45-33-31-39(35-53(45)57(51)37-18-5-2-6-19-37)59-48-26-13-9-22-42(48)43-23-10-14-27-49(43)59/h1-35H. The number of anilines is 6. The van der Waals surface area contributed by atoms with Gasteiger partial charge in [-0.25, -0.2) is 0 Å². The van der Waals surface area contributed by atoms with E-state index < -0.39 is 0 Å². The lowest BCUT2D eigenvalue weighted by Crippen LogP contribution is -2.61. The molecule has 11 aromatic rings. The number of nitrogens with zero attached hydrogens (tertiary/aromatic N) is 4. The van der Waals surface area contributed by atoms with Crippen molar-refractivity contribution in [1.29, 1.82) is 0 Å². The molecule has 4 nitrogen and oxygen atoms in total. The molecule has 2 aliphatic heterocycles. The zero-order valence-electron chi connectivity index (χ0n) is 32.1. The normalized spacial score (nSPS) is 13.0. The Balaban J connectivity index is 1.10. The molecule has 13 rings (SSSR count). The van der Waals surface area contributed by atoms with Gasteiger partial charge in [0.1, 0.15) is 0 Å². The van der Waals surface area contributed by atoms with Gasteiger partial charge in [0.15, 0.2) is 0 Å². The average molecular weight is 751 g/mol. The highest BCUT2D eigenvalue weighted by molar-refractivity contribution is 7.00. The van der Waals surface area contributed by atoms with Gasteiger partial charge in [-0.15, -0.1) is 0 Å². The van der Waals surface area contributed by atoms with Crippen molar-refractivity contribution in [2.75, 3.05) is 9.80 Å². The van der Waals surface area contributed by atoms with E-state index in [0.717, 1.165) is 22.7 Å². The van der Waals surface area contributed by atoms with Crippen LogP contribution in [-0.4, -0.2) is 15.8 Å². The number of hydrogen-bond acceptors (Lipinski definition) is 2. The number of aromatic nitrogens is 2. The van der Waals surface area contributed by atoms with Gasteiger partial charge in [-0.2, -0.15) is 0 Å². The molecular weight excluding hydrogens is 715 g/mol. The van der Waals surface area contributed by atoms with Crippen LogP contribution in [0.25, 0.3) is 55.0 Å². The van der Waals surface area contributed by atoms with E-state index in [1.807, 2.05) is 0 Å². The summed E-state index contributed by atoms with van der Waals surface area (Å²) in [5.41, 5.74) is 18.1. The van der Waals surface area contributed by atoms with Crippen LogP contribution in [0.3, 0.4) is 0 Å². The highest BCUT2D eigenvalue weighted by atomic mass is 15.2. The third-order valence-corrected chi connectivity index (χ3v) is 12.7.